The Kier molecular flexibility index (Phi) is 9.82. The topological polar surface area (TPSA) is 83.6 Å². The molecule has 1 atom stereocenters. The number of hydrogen-bond acceptors (Lipinski definition) is 5. The molecule has 0 aliphatic rings. The summed E-state index contributed by atoms with van der Waals surface area (Å²) < 4.78 is 11.0. The van der Waals surface area contributed by atoms with E-state index in [2.05, 4.69) is 6.92 Å². The van der Waals surface area contributed by atoms with Crippen molar-refractivity contribution in [2.75, 3.05) is 52.7 Å². The number of ether oxygens (including phenoxy) is 2. The lowest BCUT2D eigenvalue weighted by Gasteiger charge is -2.20. The lowest BCUT2D eigenvalue weighted by molar-refractivity contribution is -0.903. The van der Waals surface area contributed by atoms with Crippen LogP contribution in [0.5, 0.6) is 5.75 Å². The zero-order valence-electron chi connectivity index (χ0n) is 14.1. The van der Waals surface area contributed by atoms with Crippen molar-refractivity contribution in [2.45, 2.75) is 20.0 Å². The lowest BCUT2D eigenvalue weighted by atomic mass is 10.1. The van der Waals surface area contributed by atoms with Crippen LogP contribution in [0.25, 0.3) is 0 Å². The summed E-state index contributed by atoms with van der Waals surface area (Å²) >= 11 is 0. The molecular weight excluding hydrogens is 298 g/mol. The lowest BCUT2D eigenvalue weighted by Crippen LogP contribution is -3.14. The van der Waals surface area contributed by atoms with Gasteiger partial charge in [0.25, 0.3) is 0 Å². The van der Waals surface area contributed by atoms with E-state index >= 15 is 0 Å². The summed E-state index contributed by atoms with van der Waals surface area (Å²) in [5.74, 6) is 0.818. The van der Waals surface area contributed by atoms with Crippen molar-refractivity contribution < 1.29 is 29.7 Å². The van der Waals surface area contributed by atoms with Gasteiger partial charge in [-0.2, -0.15) is 0 Å². The van der Waals surface area contributed by atoms with Crippen molar-refractivity contribution in [3.05, 3.63) is 29.3 Å². The average molecular weight is 328 g/mol. The number of nitrogens with one attached hydrogen (secondary N) is 1. The zero-order valence-corrected chi connectivity index (χ0v) is 14.1. The van der Waals surface area contributed by atoms with Gasteiger partial charge in [0.15, 0.2) is 0 Å². The van der Waals surface area contributed by atoms with E-state index in [9.17, 15) is 5.11 Å². The molecule has 0 aromatic heterocycles. The predicted molar refractivity (Wildman–Crippen MR) is 88.0 cm³/mol. The van der Waals surface area contributed by atoms with E-state index in [-0.39, 0.29) is 19.8 Å². The van der Waals surface area contributed by atoms with Crippen LogP contribution in [0.15, 0.2) is 18.2 Å². The molecule has 0 amide bonds. The second kappa shape index (κ2) is 11.4. The van der Waals surface area contributed by atoms with Crippen LogP contribution in [0.1, 0.15) is 11.1 Å². The van der Waals surface area contributed by atoms with E-state index in [4.69, 9.17) is 19.7 Å². The molecule has 0 saturated heterocycles. The predicted octanol–water partition coefficient (Wildman–Crippen LogP) is -1.07. The number of quaternary nitrogens is 1. The molecule has 23 heavy (non-hydrogen) atoms. The Morgan fingerprint density at radius 2 is 1.74 bits per heavy atom. The minimum absolute atomic E-state index is 0.0344. The van der Waals surface area contributed by atoms with Gasteiger partial charge < -0.3 is 29.7 Å². The Morgan fingerprint density at radius 3 is 2.35 bits per heavy atom. The maximum absolute atomic E-state index is 9.91. The van der Waals surface area contributed by atoms with Crippen molar-refractivity contribution in [1.29, 1.82) is 0 Å². The number of aliphatic hydroxyl groups excluding tert-OH is 3. The van der Waals surface area contributed by atoms with Crippen molar-refractivity contribution in [2.24, 2.45) is 0 Å². The van der Waals surface area contributed by atoms with Crippen LogP contribution in [0.3, 0.4) is 0 Å². The molecule has 6 nitrogen and oxygen atoms in total. The maximum Gasteiger partial charge on any atom is 0.126 e. The standard InChI is InChI=1S/C17H29NO5/c1-14-3-4-17(11-15(14)2)23-10-9-22-13-16(21)12-18(5-7-19)6-8-20/h3-4,11,16,19-21H,5-10,12-13H2,1-2H3/p+1/t16-/m0/s1. The Labute approximate surface area is 138 Å². The summed E-state index contributed by atoms with van der Waals surface area (Å²) in [6.07, 6.45) is -0.621. The van der Waals surface area contributed by atoms with E-state index in [1.165, 1.54) is 11.1 Å². The van der Waals surface area contributed by atoms with Crippen LogP contribution in [0.4, 0.5) is 0 Å². The van der Waals surface area contributed by atoms with Gasteiger partial charge >= 0.3 is 0 Å². The Morgan fingerprint density at radius 1 is 1.04 bits per heavy atom. The summed E-state index contributed by atoms with van der Waals surface area (Å²) in [6.45, 7) is 6.68. The van der Waals surface area contributed by atoms with Gasteiger partial charge in [-0.25, -0.2) is 0 Å². The van der Waals surface area contributed by atoms with Crippen LogP contribution in [-0.4, -0.2) is 74.1 Å². The quantitative estimate of drug-likeness (QED) is 0.367. The highest BCUT2D eigenvalue weighted by atomic mass is 16.5. The van der Waals surface area contributed by atoms with Gasteiger partial charge in [-0.3, -0.25) is 0 Å². The highest BCUT2D eigenvalue weighted by Gasteiger charge is 2.14. The van der Waals surface area contributed by atoms with E-state index < -0.39 is 6.10 Å². The number of benzene rings is 1. The molecule has 0 bridgehead atoms. The molecule has 1 aromatic carbocycles. The molecule has 0 saturated carbocycles. The first-order valence-corrected chi connectivity index (χ1v) is 8.08. The van der Waals surface area contributed by atoms with Gasteiger partial charge in [0, 0.05) is 0 Å². The Balaban J connectivity index is 2.17. The zero-order chi connectivity index (χ0) is 17.1. The summed E-state index contributed by atoms with van der Waals surface area (Å²) in [6, 6.07) is 5.95. The van der Waals surface area contributed by atoms with Crippen molar-refractivity contribution in [3.8, 4) is 5.75 Å². The van der Waals surface area contributed by atoms with Gasteiger partial charge in [-0.05, 0) is 37.1 Å². The highest BCUT2D eigenvalue weighted by molar-refractivity contribution is 5.33. The first-order chi connectivity index (χ1) is 11.1. The largest absolute Gasteiger partial charge is 0.491 e. The van der Waals surface area contributed by atoms with E-state index in [0.717, 1.165) is 10.6 Å². The molecule has 0 radical (unpaired) electrons. The van der Waals surface area contributed by atoms with E-state index in [1.54, 1.807) is 0 Å². The fourth-order valence-corrected chi connectivity index (χ4v) is 2.28. The Bertz CT molecular complexity index is 435. The number of hydrogen-bond donors (Lipinski definition) is 4. The molecule has 0 fully saturated rings. The smallest absolute Gasteiger partial charge is 0.126 e. The third kappa shape index (κ3) is 8.29. The van der Waals surface area contributed by atoms with Crippen molar-refractivity contribution >= 4 is 0 Å². The third-order valence-corrected chi connectivity index (χ3v) is 3.74. The maximum atomic E-state index is 9.91. The van der Waals surface area contributed by atoms with E-state index in [1.807, 2.05) is 25.1 Å². The second-order valence-electron chi connectivity index (χ2n) is 5.72. The Hall–Kier alpha value is -1.18. The summed E-state index contributed by atoms with van der Waals surface area (Å²) in [5, 5.41) is 27.8. The van der Waals surface area contributed by atoms with Gasteiger partial charge in [0.2, 0.25) is 0 Å². The molecule has 0 aliphatic heterocycles. The third-order valence-electron chi connectivity index (χ3n) is 3.74. The van der Waals surface area contributed by atoms with E-state index in [0.29, 0.717) is 32.8 Å². The molecule has 4 N–H and O–H groups in total. The number of rotatable bonds is 12. The SMILES string of the molecule is Cc1ccc(OCCOC[C@@H](O)C[NH+](CCO)CCO)cc1C. The van der Waals surface area contributed by atoms with Gasteiger partial charge in [-0.15, -0.1) is 0 Å². The second-order valence-corrected chi connectivity index (χ2v) is 5.72. The molecule has 1 aromatic rings. The normalized spacial score (nSPS) is 12.6. The van der Waals surface area contributed by atoms with Gasteiger partial charge in [-0.1, -0.05) is 6.07 Å². The minimum atomic E-state index is -0.621. The fraction of sp³-hybridized carbons (Fsp3) is 0.647. The molecule has 1 rings (SSSR count). The monoisotopic (exact) mass is 328 g/mol. The molecule has 0 unspecified atom stereocenters. The van der Waals surface area contributed by atoms with Gasteiger partial charge in [0.05, 0.1) is 26.4 Å². The first kappa shape index (κ1) is 19.9. The van der Waals surface area contributed by atoms with Crippen LogP contribution in [0, 0.1) is 13.8 Å². The molecule has 6 heteroatoms. The summed E-state index contributed by atoms with van der Waals surface area (Å²) in [7, 11) is 0. The van der Waals surface area contributed by atoms with Crippen LogP contribution in [-0.2, 0) is 4.74 Å². The van der Waals surface area contributed by atoms with Crippen molar-refractivity contribution in [3.63, 3.8) is 0 Å². The molecule has 0 heterocycles. The van der Waals surface area contributed by atoms with Crippen LogP contribution >= 0.6 is 0 Å². The minimum Gasteiger partial charge on any atom is -0.491 e. The molecule has 0 aliphatic carbocycles. The summed E-state index contributed by atoms with van der Waals surface area (Å²) in [5.41, 5.74) is 2.42. The number of aliphatic hydroxyl groups is 3. The number of aryl methyl sites for hydroxylation is 2. The van der Waals surface area contributed by atoms with Crippen molar-refractivity contribution in [1.82, 2.24) is 0 Å². The molecule has 0 spiro atoms. The van der Waals surface area contributed by atoms with Crippen LogP contribution in [0.2, 0.25) is 0 Å². The average Bonchev–Trinajstić information content (AvgIpc) is 2.51. The van der Waals surface area contributed by atoms with Crippen LogP contribution < -0.4 is 9.64 Å². The summed E-state index contributed by atoms with van der Waals surface area (Å²) in [4.78, 5) is 0.956. The van der Waals surface area contributed by atoms with Gasteiger partial charge in [0.1, 0.15) is 38.1 Å². The fourth-order valence-electron chi connectivity index (χ4n) is 2.28. The molecule has 132 valence electrons. The highest BCUT2D eigenvalue weighted by Crippen LogP contribution is 2.16. The molecular formula is C17H30NO5+. The first-order valence-electron chi connectivity index (χ1n) is 8.08.